The Morgan fingerprint density at radius 3 is 2.18 bits per heavy atom. The number of benzene rings is 2. The third-order valence-corrected chi connectivity index (χ3v) is 4.71. The van der Waals surface area contributed by atoms with E-state index in [0.717, 1.165) is 28.0 Å². The summed E-state index contributed by atoms with van der Waals surface area (Å²) in [6, 6.07) is 15.1. The Kier molecular flexibility index (Phi) is 4.79. The minimum absolute atomic E-state index is 0.524. The molecule has 0 saturated heterocycles. The van der Waals surface area contributed by atoms with E-state index >= 15 is 0 Å². The maximum absolute atomic E-state index is 6.04. The van der Waals surface area contributed by atoms with Crippen LogP contribution in [0.5, 0.6) is 17.2 Å². The lowest BCUT2D eigenvalue weighted by Crippen LogP contribution is -2.01. The van der Waals surface area contributed by atoms with Gasteiger partial charge in [-0.3, -0.25) is 0 Å². The minimum atomic E-state index is 0.524. The second-order valence-corrected chi connectivity index (χ2v) is 6.46. The lowest BCUT2D eigenvalue weighted by molar-refractivity contribution is 0.324. The maximum atomic E-state index is 6.04. The Balaban J connectivity index is 1.96. The molecule has 0 spiro atoms. The molecule has 2 heterocycles. The average Bonchev–Trinajstić information content (AvgIpc) is 3.13. The Labute approximate surface area is 167 Å². The van der Waals surface area contributed by atoms with Crippen LogP contribution in [0.3, 0.4) is 0 Å². The van der Waals surface area contributed by atoms with Crippen LogP contribution in [0.4, 0.5) is 0 Å². The van der Waals surface area contributed by atoms with Crippen molar-refractivity contribution >= 4 is 22.6 Å². The molecule has 4 aromatic rings. The lowest BCUT2D eigenvalue weighted by Gasteiger charge is -2.14. The van der Waals surface area contributed by atoms with Gasteiger partial charge in [-0.15, -0.1) is 0 Å². The molecule has 0 saturated carbocycles. The second kappa shape index (κ2) is 7.40. The summed E-state index contributed by atoms with van der Waals surface area (Å²) in [4.78, 5) is 4.54. The van der Waals surface area contributed by atoms with Crippen LogP contribution in [-0.4, -0.2) is 36.1 Å². The number of hydrogen-bond donors (Lipinski definition) is 0. The second-order valence-electron chi connectivity index (χ2n) is 6.03. The molecular formula is C21H18ClN3O3. The minimum Gasteiger partial charge on any atom is -0.493 e. The summed E-state index contributed by atoms with van der Waals surface area (Å²) >= 11 is 6.04. The number of ether oxygens (including phenoxy) is 3. The van der Waals surface area contributed by atoms with E-state index in [1.54, 1.807) is 32.2 Å². The number of halogens is 1. The van der Waals surface area contributed by atoms with Crippen molar-refractivity contribution in [3.05, 3.63) is 59.8 Å². The highest BCUT2D eigenvalue weighted by molar-refractivity contribution is 6.30. The Hall–Kier alpha value is -3.25. The van der Waals surface area contributed by atoms with Crippen LogP contribution in [0.25, 0.3) is 28.0 Å². The van der Waals surface area contributed by atoms with E-state index < -0.39 is 0 Å². The van der Waals surface area contributed by atoms with Gasteiger partial charge in [0.05, 0.1) is 27.0 Å². The fraction of sp³-hybridized carbons (Fsp3) is 0.143. The van der Waals surface area contributed by atoms with Crippen LogP contribution in [-0.2, 0) is 0 Å². The van der Waals surface area contributed by atoms with Crippen molar-refractivity contribution in [3.8, 4) is 34.2 Å². The van der Waals surface area contributed by atoms with Crippen LogP contribution >= 0.6 is 11.6 Å². The first-order chi connectivity index (χ1) is 13.7. The summed E-state index contributed by atoms with van der Waals surface area (Å²) in [5, 5.41) is 6.43. The third-order valence-electron chi connectivity index (χ3n) is 4.45. The van der Waals surface area contributed by atoms with Crippen molar-refractivity contribution < 1.29 is 14.2 Å². The lowest BCUT2D eigenvalue weighted by atomic mass is 10.1. The predicted octanol–water partition coefficient (Wildman–Crippen LogP) is 4.77. The van der Waals surface area contributed by atoms with E-state index in [1.165, 1.54) is 0 Å². The highest BCUT2D eigenvalue weighted by Gasteiger charge is 2.19. The molecule has 0 amide bonds. The molecule has 4 rings (SSSR count). The van der Waals surface area contributed by atoms with Crippen molar-refractivity contribution in [2.45, 2.75) is 0 Å². The number of rotatable bonds is 5. The predicted molar refractivity (Wildman–Crippen MR) is 109 cm³/mol. The summed E-state index contributed by atoms with van der Waals surface area (Å²) in [7, 11) is 4.74. The number of hydrogen-bond acceptors (Lipinski definition) is 5. The molecule has 142 valence electrons. The smallest absolute Gasteiger partial charge is 0.203 e. The summed E-state index contributed by atoms with van der Waals surface area (Å²) in [5.74, 6) is 1.62. The van der Waals surface area contributed by atoms with Gasteiger partial charge in [0.2, 0.25) is 5.75 Å². The first-order valence-electron chi connectivity index (χ1n) is 8.56. The summed E-state index contributed by atoms with van der Waals surface area (Å²) in [5.41, 5.74) is 3.24. The molecule has 6 nitrogen and oxygen atoms in total. The molecule has 0 bridgehead atoms. The first-order valence-corrected chi connectivity index (χ1v) is 8.94. The van der Waals surface area contributed by atoms with Crippen LogP contribution in [0.1, 0.15) is 0 Å². The molecule has 0 fully saturated rings. The zero-order valence-electron chi connectivity index (χ0n) is 15.6. The van der Waals surface area contributed by atoms with Crippen molar-refractivity contribution in [2.24, 2.45) is 0 Å². The van der Waals surface area contributed by atoms with E-state index in [2.05, 4.69) is 4.98 Å². The number of methoxy groups -OCH3 is 3. The number of pyridine rings is 1. The van der Waals surface area contributed by atoms with Gasteiger partial charge in [-0.1, -0.05) is 23.7 Å². The number of fused-ring (bicyclic) bond motifs is 1. The van der Waals surface area contributed by atoms with Gasteiger partial charge in [0, 0.05) is 34.3 Å². The molecule has 0 aliphatic rings. The van der Waals surface area contributed by atoms with Crippen LogP contribution in [0.2, 0.25) is 5.02 Å². The highest BCUT2D eigenvalue weighted by atomic mass is 35.5. The zero-order chi connectivity index (χ0) is 19.7. The van der Waals surface area contributed by atoms with Crippen molar-refractivity contribution in [2.75, 3.05) is 21.3 Å². The van der Waals surface area contributed by atoms with E-state index in [9.17, 15) is 0 Å². The molecule has 7 heteroatoms. The Morgan fingerprint density at radius 1 is 0.893 bits per heavy atom. The van der Waals surface area contributed by atoms with Gasteiger partial charge in [-0.25, -0.2) is 9.67 Å². The average molecular weight is 396 g/mol. The standard InChI is InChI=1S/C21H18ClN3O3/c1-26-17-11-15(12-18(27-2)20(17)28-3)25-21-16(5-4-10-23-21)19(24-25)13-6-8-14(22)9-7-13/h4-12H,1-3H3. The summed E-state index contributed by atoms with van der Waals surface area (Å²) in [6.07, 6.45) is 1.74. The van der Waals surface area contributed by atoms with Gasteiger partial charge in [-0.2, -0.15) is 5.10 Å². The third kappa shape index (κ3) is 3.01. The SMILES string of the molecule is COc1cc(-n2nc(-c3ccc(Cl)cc3)c3cccnc32)cc(OC)c1OC. The van der Waals surface area contributed by atoms with Crippen LogP contribution in [0.15, 0.2) is 54.7 Å². The van der Waals surface area contributed by atoms with Gasteiger partial charge in [0.15, 0.2) is 17.1 Å². The molecule has 0 atom stereocenters. The van der Waals surface area contributed by atoms with E-state index in [4.69, 9.17) is 30.9 Å². The van der Waals surface area contributed by atoms with E-state index in [1.807, 2.05) is 48.5 Å². The Bertz CT molecular complexity index is 1110. The largest absolute Gasteiger partial charge is 0.493 e. The topological polar surface area (TPSA) is 58.4 Å². The van der Waals surface area contributed by atoms with Gasteiger partial charge in [-0.05, 0) is 24.3 Å². The summed E-state index contributed by atoms with van der Waals surface area (Å²) in [6.45, 7) is 0. The van der Waals surface area contributed by atoms with Gasteiger partial charge < -0.3 is 14.2 Å². The first kappa shape index (κ1) is 18.1. The maximum Gasteiger partial charge on any atom is 0.203 e. The number of nitrogens with zero attached hydrogens (tertiary/aromatic N) is 3. The van der Waals surface area contributed by atoms with Crippen molar-refractivity contribution in [1.82, 2.24) is 14.8 Å². The molecule has 0 unspecified atom stereocenters. The molecule has 0 N–H and O–H groups in total. The Morgan fingerprint density at radius 2 is 1.57 bits per heavy atom. The van der Waals surface area contributed by atoms with Gasteiger partial charge in [0.1, 0.15) is 5.69 Å². The van der Waals surface area contributed by atoms with Crippen LogP contribution in [0, 0.1) is 0 Å². The monoisotopic (exact) mass is 395 g/mol. The van der Waals surface area contributed by atoms with Crippen molar-refractivity contribution in [1.29, 1.82) is 0 Å². The molecular weight excluding hydrogens is 378 g/mol. The number of aromatic nitrogens is 3. The quantitative estimate of drug-likeness (QED) is 0.487. The molecule has 2 aromatic heterocycles. The van der Waals surface area contributed by atoms with Gasteiger partial charge in [0.25, 0.3) is 0 Å². The molecule has 28 heavy (non-hydrogen) atoms. The zero-order valence-corrected chi connectivity index (χ0v) is 16.4. The molecule has 2 aromatic carbocycles. The normalized spacial score (nSPS) is 10.9. The summed E-state index contributed by atoms with van der Waals surface area (Å²) < 4.78 is 18.1. The van der Waals surface area contributed by atoms with Gasteiger partial charge >= 0.3 is 0 Å². The molecule has 0 radical (unpaired) electrons. The fourth-order valence-corrected chi connectivity index (χ4v) is 3.27. The molecule has 0 aliphatic carbocycles. The van der Waals surface area contributed by atoms with E-state index in [-0.39, 0.29) is 0 Å². The fourth-order valence-electron chi connectivity index (χ4n) is 3.14. The molecule has 0 aliphatic heterocycles. The van der Waals surface area contributed by atoms with E-state index in [0.29, 0.717) is 22.3 Å². The van der Waals surface area contributed by atoms with Crippen molar-refractivity contribution in [3.63, 3.8) is 0 Å². The van der Waals surface area contributed by atoms with Crippen LogP contribution < -0.4 is 14.2 Å². The highest BCUT2D eigenvalue weighted by Crippen LogP contribution is 2.40.